The van der Waals surface area contributed by atoms with E-state index in [4.69, 9.17) is 13.9 Å². The number of nitrogens with one attached hydrogen (secondary N) is 1. The van der Waals surface area contributed by atoms with Crippen molar-refractivity contribution in [2.75, 3.05) is 19.0 Å². The number of fused-ring (bicyclic) bond motifs is 1. The van der Waals surface area contributed by atoms with Gasteiger partial charge in [0, 0.05) is 12.4 Å². The van der Waals surface area contributed by atoms with E-state index in [-0.39, 0.29) is 17.7 Å². The molecule has 1 aromatic carbocycles. The Morgan fingerprint density at radius 3 is 2.89 bits per heavy atom. The molecule has 0 aliphatic carbocycles. The molecule has 144 valence electrons. The highest BCUT2D eigenvalue weighted by Crippen LogP contribution is 2.32. The number of pyridine rings is 1. The molecule has 3 aromatic rings. The van der Waals surface area contributed by atoms with Crippen molar-refractivity contribution in [1.82, 2.24) is 20.5 Å². The monoisotopic (exact) mass is 398 g/mol. The van der Waals surface area contributed by atoms with Crippen LogP contribution >= 0.6 is 11.8 Å². The summed E-state index contributed by atoms with van der Waals surface area (Å²) in [5, 5.41) is 11.2. The summed E-state index contributed by atoms with van der Waals surface area (Å²) in [6, 6.07) is 9.13. The maximum absolute atomic E-state index is 12.3. The van der Waals surface area contributed by atoms with E-state index in [2.05, 4.69) is 20.5 Å². The van der Waals surface area contributed by atoms with Gasteiger partial charge >= 0.3 is 0 Å². The van der Waals surface area contributed by atoms with Gasteiger partial charge in [0.25, 0.3) is 5.22 Å². The topological polar surface area (TPSA) is 99.4 Å². The lowest BCUT2D eigenvalue weighted by molar-refractivity contribution is -0.119. The van der Waals surface area contributed by atoms with Crippen LogP contribution in [-0.4, -0.2) is 40.1 Å². The second-order valence-corrected chi connectivity index (χ2v) is 7.02. The predicted molar refractivity (Wildman–Crippen MR) is 102 cm³/mol. The molecule has 0 unspecified atom stereocenters. The van der Waals surface area contributed by atoms with E-state index in [0.29, 0.717) is 30.1 Å². The third kappa shape index (κ3) is 4.25. The summed E-state index contributed by atoms with van der Waals surface area (Å²) >= 11 is 1.19. The highest BCUT2D eigenvalue weighted by molar-refractivity contribution is 7.99. The molecule has 8 nitrogen and oxygen atoms in total. The van der Waals surface area contributed by atoms with E-state index in [1.165, 1.54) is 11.8 Å². The molecule has 3 heterocycles. The van der Waals surface area contributed by atoms with Crippen LogP contribution in [0.2, 0.25) is 0 Å². The van der Waals surface area contributed by atoms with Crippen LogP contribution in [0.3, 0.4) is 0 Å². The van der Waals surface area contributed by atoms with E-state index in [1.54, 1.807) is 18.5 Å². The van der Waals surface area contributed by atoms with Crippen molar-refractivity contribution in [3.8, 4) is 23.0 Å². The Morgan fingerprint density at radius 1 is 1.21 bits per heavy atom. The van der Waals surface area contributed by atoms with E-state index in [9.17, 15) is 4.79 Å². The standard InChI is InChI=1S/C19H18N4O4S/c1-12(13-4-5-15-16(9-13)26-8-7-25-15)21-17(24)11-28-19-23-22-18(27-19)14-3-2-6-20-10-14/h2-6,9-10,12H,7-8,11H2,1H3,(H,21,24)/t12-/m0/s1. The molecule has 1 N–H and O–H groups in total. The normalized spacial score (nSPS) is 13.8. The van der Waals surface area contributed by atoms with Crippen LogP contribution in [0.5, 0.6) is 11.5 Å². The number of aromatic nitrogens is 3. The van der Waals surface area contributed by atoms with Crippen molar-refractivity contribution in [3.05, 3.63) is 48.3 Å². The van der Waals surface area contributed by atoms with Crippen molar-refractivity contribution in [2.45, 2.75) is 18.2 Å². The van der Waals surface area contributed by atoms with Gasteiger partial charge in [-0.15, -0.1) is 10.2 Å². The van der Waals surface area contributed by atoms with Crippen molar-refractivity contribution in [1.29, 1.82) is 0 Å². The Hall–Kier alpha value is -3.07. The first-order valence-electron chi connectivity index (χ1n) is 8.74. The first-order valence-corrected chi connectivity index (χ1v) is 9.73. The van der Waals surface area contributed by atoms with E-state index < -0.39 is 0 Å². The molecular formula is C19H18N4O4S. The highest BCUT2D eigenvalue weighted by atomic mass is 32.2. The number of amides is 1. The van der Waals surface area contributed by atoms with Gasteiger partial charge in [-0.2, -0.15) is 0 Å². The Bertz CT molecular complexity index is 964. The van der Waals surface area contributed by atoms with Crippen molar-refractivity contribution in [3.63, 3.8) is 0 Å². The summed E-state index contributed by atoms with van der Waals surface area (Å²) in [4.78, 5) is 16.3. The number of carbonyl (C=O) groups excluding carboxylic acids is 1. The van der Waals surface area contributed by atoms with Gasteiger partial charge in [-0.05, 0) is 36.8 Å². The van der Waals surface area contributed by atoms with E-state index in [1.807, 2.05) is 31.2 Å². The number of thioether (sulfide) groups is 1. The predicted octanol–water partition coefficient (Wildman–Crippen LogP) is 2.87. The van der Waals surface area contributed by atoms with Gasteiger partial charge in [-0.3, -0.25) is 9.78 Å². The van der Waals surface area contributed by atoms with Gasteiger partial charge in [-0.1, -0.05) is 17.8 Å². The van der Waals surface area contributed by atoms with Crippen LogP contribution in [0.1, 0.15) is 18.5 Å². The zero-order chi connectivity index (χ0) is 19.3. The first kappa shape index (κ1) is 18.3. The zero-order valence-electron chi connectivity index (χ0n) is 15.1. The molecule has 2 aromatic heterocycles. The van der Waals surface area contributed by atoms with Gasteiger partial charge in [0.1, 0.15) is 13.2 Å². The average Bonchev–Trinajstić information content (AvgIpc) is 3.22. The fourth-order valence-corrected chi connectivity index (χ4v) is 3.27. The number of nitrogens with zero attached hydrogens (tertiary/aromatic N) is 3. The molecule has 1 amide bonds. The Morgan fingerprint density at radius 2 is 2.07 bits per heavy atom. The fourth-order valence-electron chi connectivity index (χ4n) is 2.70. The molecule has 1 aliphatic rings. The molecule has 0 fully saturated rings. The van der Waals surface area contributed by atoms with Gasteiger partial charge < -0.3 is 19.2 Å². The van der Waals surface area contributed by atoms with Gasteiger partial charge in [0.2, 0.25) is 11.8 Å². The summed E-state index contributed by atoms with van der Waals surface area (Å²) < 4.78 is 16.7. The number of rotatable bonds is 6. The van der Waals surface area contributed by atoms with Crippen LogP contribution in [0.4, 0.5) is 0 Å². The van der Waals surface area contributed by atoms with Crippen molar-refractivity contribution in [2.24, 2.45) is 0 Å². The summed E-state index contributed by atoms with van der Waals surface area (Å²) in [5.41, 5.74) is 1.68. The van der Waals surface area contributed by atoms with Crippen LogP contribution in [0.25, 0.3) is 11.5 Å². The van der Waals surface area contributed by atoms with Gasteiger partial charge in [0.15, 0.2) is 11.5 Å². The van der Waals surface area contributed by atoms with Crippen LogP contribution < -0.4 is 14.8 Å². The van der Waals surface area contributed by atoms with Gasteiger partial charge in [0.05, 0.1) is 17.4 Å². The Kier molecular flexibility index (Phi) is 5.43. The molecule has 0 saturated carbocycles. The minimum Gasteiger partial charge on any atom is -0.486 e. The summed E-state index contributed by atoms with van der Waals surface area (Å²) in [5.74, 6) is 1.84. The van der Waals surface area contributed by atoms with Gasteiger partial charge in [-0.25, -0.2) is 0 Å². The van der Waals surface area contributed by atoms with Crippen LogP contribution in [-0.2, 0) is 4.79 Å². The lowest BCUT2D eigenvalue weighted by atomic mass is 10.1. The summed E-state index contributed by atoms with van der Waals surface area (Å²) in [6.07, 6.45) is 3.31. The fraction of sp³-hybridized carbons (Fsp3) is 0.263. The largest absolute Gasteiger partial charge is 0.486 e. The molecule has 0 bridgehead atoms. The quantitative estimate of drug-likeness (QED) is 0.633. The maximum atomic E-state index is 12.3. The minimum absolute atomic E-state index is 0.131. The molecule has 9 heteroatoms. The lowest BCUT2D eigenvalue weighted by Gasteiger charge is -2.21. The number of carbonyl (C=O) groups is 1. The zero-order valence-corrected chi connectivity index (χ0v) is 15.9. The number of ether oxygens (including phenoxy) is 2. The second kappa shape index (κ2) is 8.30. The smallest absolute Gasteiger partial charge is 0.277 e. The van der Waals surface area contributed by atoms with Crippen molar-refractivity contribution < 1.29 is 18.7 Å². The third-order valence-corrected chi connectivity index (χ3v) is 4.90. The minimum atomic E-state index is -0.169. The molecule has 1 aliphatic heterocycles. The third-order valence-electron chi connectivity index (χ3n) is 4.09. The number of hydrogen-bond donors (Lipinski definition) is 1. The SMILES string of the molecule is C[C@H](NC(=O)CSc1nnc(-c2cccnc2)o1)c1ccc2c(c1)OCCO2. The first-order chi connectivity index (χ1) is 13.7. The summed E-state index contributed by atoms with van der Waals surface area (Å²) in [6.45, 7) is 2.99. The number of hydrogen-bond acceptors (Lipinski definition) is 8. The molecule has 0 spiro atoms. The van der Waals surface area contributed by atoms with Crippen LogP contribution in [0.15, 0.2) is 52.4 Å². The second-order valence-electron chi connectivity index (χ2n) is 6.10. The van der Waals surface area contributed by atoms with E-state index in [0.717, 1.165) is 16.9 Å². The molecule has 0 radical (unpaired) electrons. The number of benzene rings is 1. The maximum Gasteiger partial charge on any atom is 0.277 e. The lowest BCUT2D eigenvalue weighted by Crippen LogP contribution is -2.28. The molecule has 0 saturated heterocycles. The Balaban J connectivity index is 1.31. The molecule has 4 rings (SSSR count). The van der Waals surface area contributed by atoms with E-state index >= 15 is 0 Å². The molecule has 1 atom stereocenters. The molecule has 28 heavy (non-hydrogen) atoms. The molecular weight excluding hydrogens is 380 g/mol. The van der Waals surface area contributed by atoms with Crippen molar-refractivity contribution >= 4 is 17.7 Å². The highest BCUT2D eigenvalue weighted by Gasteiger charge is 2.17. The Labute approximate surface area is 165 Å². The average molecular weight is 398 g/mol. The van der Waals surface area contributed by atoms with Crippen LogP contribution in [0, 0.1) is 0 Å². The summed E-state index contributed by atoms with van der Waals surface area (Å²) in [7, 11) is 0.